The summed E-state index contributed by atoms with van der Waals surface area (Å²) >= 11 is 0. The molecule has 0 saturated carbocycles. The Bertz CT molecular complexity index is 1110. The number of hydrogen-bond donors (Lipinski definition) is 2. The highest BCUT2D eigenvalue weighted by Crippen LogP contribution is 2.32. The highest BCUT2D eigenvalue weighted by Gasteiger charge is 2.36. The van der Waals surface area contributed by atoms with Gasteiger partial charge in [0.25, 0.3) is 5.91 Å². The van der Waals surface area contributed by atoms with Gasteiger partial charge in [0.05, 0.1) is 19.2 Å². The lowest BCUT2D eigenvalue weighted by Crippen LogP contribution is -2.49. The molecule has 4 rings (SSSR count). The molecule has 184 valence electrons. The Labute approximate surface area is 205 Å². The van der Waals surface area contributed by atoms with Gasteiger partial charge in [0, 0.05) is 56.0 Å². The molecule has 3 amide bonds. The number of amides is 3. The fourth-order valence-electron chi connectivity index (χ4n) is 4.31. The Morgan fingerprint density at radius 1 is 1.14 bits per heavy atom. The van der Waals surface area contributed by atoms with Crippen LogP contribution in [0.2, 0.25) is 0 Å². The highest BCUT2D eigenvalue weighted by atomic mass is 19.1. The molecule has 10 heteroatoms. The van der Waals surface area contributed by atoms with Gasteiger partial charge in [0.1, 0.15) is 13.7 Å². The van der Waals surface area contributed by atoms with Crippen LogP contribution in [0.1, 0.15) is 40.4 Å². The van der Waals surface area contributed by atoms with Crippen molar-refractivity contribution in [1.29, 1.82) is 0 Å². The molecule has 0 aromatic heterocycles. The molecule has 2 N–H and O–H groups in total. The average molecular weight is 480 g/mol. The average Bonchev–Trinajstić information content (AvgIpc) is 3.19. The zero-order valence-corrected chi connectivity index (χ0v) is 20.1. The van der Waals surface area contributed by atoms with E-state index < -0.39 is 29.5 Å². The van der Waals surface area contributed by atoms with Crippen molar-refractivity contribution in [2.24, 2.45) is 0 Å². The third-order valence-corrected chi connectivity index (χ3v) is 6.48. The van der Waals surface area contributed by atoms with Crippen molar-refractivity contribution < 1.29 is 23.5 Å². The molecule has 1 atom stereocenters. The Morgan fingerprint density at radius 2 is 1.83 bits per heavy atom. The van der Waals surface area contributed by atoms with E-state index in [2.05, 4.69) is 27.7 Å². The van der Waals surface area contributed by atoms with Crippen molar-refractivity contribution in [3.8, 4) is 0 Å². The summed E-state index contributed by atoms with van der Waals surface area (Å²) in [7, 11) is 1.56. The van der Waals surface area contributed by atoms with Crippen molar-refractivity contribution in [3.63, 3.8) is 0 Å². The monoisotopic (exact) mass is 480 g/mol. The molecule has 2 aromatic rings. The minimum absolute atomic E-state index is 0.157. The van der Waals surface area contributed by atoms with Crippen molar-refractivity contribution in [3.05, 3.63) is 64.5 Å². The van der Waals surface area contributed by atoms with Crippen LogP contribution in [0.3, 0.4) is 0 Å². The molecule has 0 spiro atoms. The summed E-state index contributed by atoms with van der Waals surface area (Å²) in [6.07, 6.45) is 0.167. The number of carbonyl (C=O) groups excluding carboxylic acids is 3. The Hall–Kier alpha value is -3.24. The normalized spacial score (nSPS) is 16.6. The SMILES string of the molecule is BC(C(=O)NC(=O)CC)N1Cc2c(NCc3ccc(CN4CCOCC4)cc3)cc(F)cc2C1=O. The predicted octanol–water partition coefficient (Wildman–Crippen LogP) is 1.24. The summed E-state index contributed by atoms with van der Waals surface area (Å²) in [6, 6.07) is 10.8. The number of rotatable bonds is 8. The van der Waals surface area contributed by atoms with Crippen molar-refractivity contribution in [2.45, 2.75) is 38.9 Å². The largest absolute Gasteiger partial charge is 0.381 e. The number of halogens is 1. The van der Waals surface area contributed by atoms with Crippen LogP contribution in [-0.4, -0.2) is 67.6 Å². The van der Waals surface area contributed by atoms with Gasteiger partial charge in [-0.3, -0.25) is 24.6 Å². The fraction of sp³-hybridized carbons (Fsp3) is 0.400. The zero-order chi connectivity index (χ0) is 24.9. The van der Waals surface area contributed by atoms with E-state index in [0.29, 0.717) is 17.8 Å². The number of nitrogens with one attached hydrogen (secondary N) is 2. The van der Waals surface area contributed by atoms with E-state index in [1.165, 1.54) is 22.6 Å². The van der Waals surface area contributed by atoms with Crippen LogP contribution < -0.4 is 10.6 Å². The van der Waals surface area contributed by atoms with E-state index in [1.807, 2.05) is 12.1 Å². The van der Waals surface area contributed by atoms with Crippen LogP contribution in [0.5, 0.6) is 0 Å². The molecule has 1 saturated heterocycles. The number of morpholine rings is 1. The van der Waals surface area contributed by atoms with Crippen LogP contribution in [-0.2, 0) is 34.0 Å². The first-order chi connectivity index (χ1) is 16.9. The number of imide groups is 1. The molecule has 35 heavy (non-hydrogen) atoms. The van der Waals surface area contributed by atoms with Gasteiger partial charge in [-0.15, -0.1) is 0 Å². The summed E-state index contributed by atoms with van der Waals surface area (Å²) in [6.45, 7) is 6.52. The molecule has 2 aliphatic heterocycles. The number of nitrogens with zero attached hydrogens (tertiary/aromatic N) is 2. The summed E-state index contributed by atoms with van der Waals surface area (Å²) < 4.78 is 19.7. The van der Waals surface area contributed by atoms with Gasteiger partial charge in [-0.05, 0) is 23.3 Å². The maximum absolute atomic E-state index is 14.4. The van der Waals surface area contributed by atoms with Crippen molar-refractivity contribution >= 4 is 31.3 Å². The van der Waals surface area contributed by atoms with Gasteiger partial charge in [-0.2, -0.15) is 0 Å². The molecular formula is C25H30BFN4O4. The molecule has 2 aliphatic rings. The van der Waals surface area contributed by atoms with Gasteiger partial charge in [-0.1, -0.05) is 31.2 Å². The Balaban J connectivity index is 1.42. The summed E-state index contributed by atoms with van der Waals surface area (Å²) in [5.74, 6) is -2.77. The van der Waals surface area contributed by atoms with Crippen molar-refractivity contribution in [2.75, 3.05) is 31.6 Å². The molecule has 0 aliphatic carbocycles. The highest BCUT2D eigenvalue weighted by molar-refractivity contribution is 6.27. The number of benzene rings is 2. The minimum atomic E-state index is -0.861. The van der Waals surface area contributed by atoms with Gasteiger partial charge >= 0.3 is 0 Å². The van der Waals surface area contributed by atoms with E-state index in [4.69, 9.17) is 4.74 Å². The molecule has 2 aromatic carbocycles. The number of carbonyl (C=O) groups is 3. The molecule has 2 heterocycles. The van der Waals surface area contributed by atoms with Crippen LogP contribution in [0, 0.1) is 5.82 Å². The lowest BCUT2D eigenvalue weighted by molar-refractivity contribution is -0.131. The first-order valence-corrected chi connectivity index (χ1v) is 11.9. The predicted molar refractivity (Wildman–Crippen MR) is 132 cm³/mol. The topological polar surface area (TPSA) is 91.0 Å². The summed E-state index contributed by atoms with van der Waals surface area (Å²) in [4.78, 5) is 40.6. The quantitative estimate of drug-likeness (QED) is 0.553. The number of fused-ring (bicyclic) bond motifs is 1. The van der Waals surface area contributed by atoms with Gasteiger partial charge < -0.3 is 15.0 Å². The molecule has 8 nitrogen and oxygen atoms in total. The second-order valence-corrected chi connectivity index (χ2v) is 8.91. The second-order valence-electron chi connectivity index (χ2n) is 8.91. The van der Waals surface area contributed by atoms with E-state index in [0.717, 1.165) is 38.4 Å². The molecular weight excluding hydrogens is 450 g/mol. The van der Waals surface area contributed by atoms with Crippen LogP contribution in [0.25, 0.3) is 0 Å². The third-order valence-electron chi connectivity index (χ3n) is 6.48. The first-order valence-electron chi connectivity index (χ1n) is 11.9. The Morgan fingerprint density at radius 3 is 2.51 bits per heavy atom. The Kier molecular flexibility index (Phi) is 7.82. The van der Waals surface area contributed by atoms with Crippen molar-refractivity contribution in [1.82, 2.24) is 15.1 Å². The number of hydrogen-bond acceptors (Lipinski definition) is 6. The fourth-order valence-corrected chi connectivity index (χ4v) is 4.31. The van der Waals surface area contributed by atoms with E-state index in [-0.39, 0.29) is 18.5 Å². The van der Waals surface area contributed by atoms with Crippen LogP contribution in [0.15, 0.2) is 36.4 Å². The zero-order valence-electron chi connectivity index (χ0n) is 20.1. The molecule has 0 radical (unpaired) electrons. The minimum Gasteiger partial charge on any atom is -0.381 e. The molecule has 1 fully saturated rings. The number of ether oxygens (including phenoxy) is 1. The van der Waals surface area contributed by atoms with Gasteiger partial charge in [0.15, 0.2) is 0 Å². The van der Waals surface area contributed by atoms with E-state index in [9.17, 15) is 18.8 Å². The van der Waals surface area contributed by atoms with Gasteiger partial charge in [-0.25, -0.2) is 4.39 Å². The van der Waals surface area contributed by atoms with Gasteiger partial charge in [0.2, 0.25) is 11.8 Å². The van der Waals surface area contributed by atoms with Crippen LogP contribution in [0.4, 0.5) is 10.1 Å². The maximum Gasteiger partial charge on any atom is 0.254 e. The first kappa shape index (κ1) is 24.9. The summed E-state index contributed by atoms with van der Waals surface area (Å²) in [5.41, 5.74) is 3.64. The van der Waals surface area contributed by atoms with E-state index >= 15 is 0 Å². The molecule has 0 bridgehead atoms. The lowest BCUT2D eigenvalue weighted by atomic mass is 9.93. The lowest BCUT2D eigenvalue weighted by Gasteiger charge is -2.26. The molecule has 1 unspecified atom stereocenters. The second kappa shape index (κ2) is 11.0. The smallest absolute Gasteiger partial charge is 0.254 e. The van der Waals surface area contributed by atoms with Crippen LogP contribution >= 0.6 is 0 Å². The summed E-state index contributed by atoms with van der Waals surface area (Å²) in [5, 5.41) is 5.54. The number of anilines is 1. The third kappa shape index (κ3) is 5.89. The maximum atomic E-state index is 14.4. The standard InChI is InChI=1S/C25H30BFN4O4/c1-2-22(32)29-24(33)23(26)31-15-20-19(25(31)34)11-18(27)12-21(20)28-13-16-3-5-17(6-4-16)14-30-7-9-35-10-8-30/h3-6,11-12,23,28H,2,7-10,13-15,26H2,1H3,(H,29,32,33). The van der Waals surface area contributed by atoms with E-state index in [1.54, 1.807) is 14.8 Å².